The summed E-state index contributed by atoms with van der Waals surface area (Å²) in [5.74, 6) is 0.668. The van der Waals surface area contributed by atoms with Gasteiger partial charge in [0.15, 0.2) is 0 Å². The molecule has 1 aromatic rings. The van der Waals surface area contributed by atoms with Crippen LogP contribution >= 0.6 is 11.6 Å². The molecule has 0 bridgehead atoms. The van der Waals surface area contributed by atoms with Crippen LogP contribution in [0.15, 0.2) is 12.3 Å². The van der Waals surface area contributed by atoms with Crippen LogP contribution in [0, 0.1) is 5.92 Å². The van der Waals surface area contributed by atoms with E-state index in [1.165, 1.54) is 19.0 Å². The lowest BCUT2D eigenvalue weighted by molar-refractivity contribution is 0.0679. The first-order valence-corrected chi connectivity index (χ1v) is 7.05. The van der Waals surface area contributed by atoms with Gasteiger partial charge in [-0.1, -0.05) is 18.5 Å². The highest BCUT2D eigenvalue weighted by Crippen LogP contribution is 2.28. The Bertz CT molecular complexity index is 470. The summed E-state index contributed by atoms with van der Waals surface area (Å²) in [6, 6.07) is 1.89. The summed E-state index contributed by atoms with van der Waals surface area (Å²) in [7, 11) is 1.84. The molecule has 2 N–H and O–H groups in total. The molecular formula is C14H20ClN3O. The highest BCUT2D eigenvalue weighted by atomic mass is 35.5. The van der Waals surface area contributed by atoms with E-state index in [1.807, 2.05) is 7.05 Å². The Morgan fingerprint density at radius 1 is 1.42 bits per heavy atom. The van der Waals surface area contributed by atoms with Crippen LogP contribution < -0.4 is 5.73 Å². The van der Waals surface area contributed by atoms with Gasteiger partial charge in [-0.25, -0.2) is 4.98 Å². The minimum Gasteiger partial charge on any atom is -0.397 e. The molecule has 0 unspecified atom stereocenters. The summed E-state index contributed by atoms with van der Waals surface area (Å²) in [5.41, 5.74) is 6.52. The zero-order valence-electron chi connectivity index (χ0n) is 11.4. The Morgan fingerprint density at radius 2 is 2.05 bits per heavy atom. The topological polar surface area (TPSA) is 59.2 Å². The summed E-state index contributed by atoms with van der Waals surface area (Å²) < 4.78 is 0. The fourth-order valence-electron chi connectivity index (χ4n) is 2.60. The second-order valence-electron chi connectivity index (χ2n) is 5.44. The van der Waals surface area contributed by atoms with Crippen molar-refractivity contribution in [3.63, 3.8) is 0 Å². The van der Waals surface area contributed by atoms with Gasteiger partial charge in [0, 0.05) is 13.1 Å². The minimum atomic E-state index is -0.0932. The number of nitrogens with zero attached hydrogens (tertiary/aromatic N) is 2. The lowest BCUT2D eigenvalue weighted by Gasteiger charge is -2.33. The fourth-order valence-corrected chi connectivity index (χ4v) is 2.78. The first kappa shape index (κ1) is 14.1. The van der Waals surface area contributed by atoms with Crippen LogP contribution in [0.25, 0.3) is 0 Å². The number of anilines is 1. The monoisotopic (exact) mass is 281 g/mol. The summed E-state index contributed by atoms with van der Waals surface area (Å²) in [6.45, 7) is 2.26. The average molecular weight is 282 g/mol. The number of hydrogen-bond acceptors (Lipinski definition) is 3. The van der Waals surface area contributed by atoms with Crippen molar-refractivity contribution >= 4 is 23.2 Å². The molecule has 19 heavy (non-hydrogen) atoms. The molecule has 5 heteroatoms. The van der Waals surface area contributed by atoms with Crippen molar-refractivity contribution in [1.29, 1.82) is 0 Å². The van der Waals surface area contributed by atoms with Crippen LogP contribution in [-0.2, 0) is 0 Å². The Morgan fingerprint density at radius 3 is 2.68 bits per heavy atom. The third-order valence-corrected chi connectivity index (χ3v) is 4.25. The van der Waals surface area contributed by atoms with E-state index in [4.69, 9.17) is 17.3 Å². The molecule has 1 fully saturated rings. The maximum Gasteiger partial charge on any atom is 0.257 e. The van der Waals surface area contributed by atoms with Crippen molar-refractivity contribution in [3.8, 4) is 0 Å². The zero-order valence-corrected chi connectivity index (χ0v) is 12.2. The predicted octanol–water partition coefficient (Wildman–Crippen LogP) is 2.97. The fraction of sp³-hybridized carbons (Fsp3) is 0.571. The molecule has 0 aliphatic heterocycles. The molecule has 0 atom stereocenters. The van der Waals surface area contributed by atoms with E-state index in [0.29, 0.717) is 17.3 Å². The standard InChI is InChI=1S/C14H20ClN3O/c1-9-3-5-11(6-4-9)18(2)14(19)12-7-10(16)8-17-13(12)15/h7-9,11H,3-6,16H2,1-2H3. The number of nitrogen functional groups attached to an aromatic ring is 1. The number of nitrogens with two attached hydrogens (primary N) is 1. The Kier molecular flexibility index (Phi) is 4.30. The molecule has 0 aromatic carbocycles. The van der Waals surface area contributed by atoms with Gasteiger partial charge in [-0.3, -0.25) is 4.79 Å². The lowest BCUT2D eigenvalue weighted by atomic mass is 9.86. The smallest absolute Gasteiger partial charge is 0.257 e. The summed E-state index contributed by atoms with van der Waals surface area (Å²) in [6.07, 6.45) is 5.91. The molecule has 1 amide bonds. The van der Waals surface area contributed by atoms with Crippen LogP contribution in [0.5, 0.6) is 0 Å². The predicted molar refractivity (Wildman–Crippen MR) is 77.2 cm³/mol. The minimum absolute atomic E-state index is 0.0932. The van der Waals surface area contributed by atoms with Crippen LogP contribution in [0.4, 0.5) is 5.69 Å². The van der Waals surface area contributed by atoms with E-state index in [1.54, 1.807) is 11.0 Å². The number of amides is 1. The molecule has 0 saturated heterocycles. The average Bonchev–Trinajstić information content (AvgIpc) is 2.41. The van der Waals surface area contributed by atoms with Gasteiger partial charge in [-0.15, -0.1) is 0 Å². The first-order valence-electron chi connectivity index (χ1n) is 6.67. The third kappa shape index (κ3) is 3.18. The molecule has 0 spiro atoms. The Hall–Kier alpha value is -1.29. The van der Waals surface area contributed by atoms with E-state index in [2.05, 4.69) is 11.9 Å². The molecule has 2 rings (SSSR count). The lowest BCUT2D eigenvalue weighted by Crippen LogP contribution is -2.39. The first-order chi connectivity index (χ1) is 8.99. The highest BCUT2D eigenvalue weighted by Gasteiger charge is 2.26. The molecule has 1 aliphatic carbocycles. The van der Waals surface area contributed by atoms with Crippen LogP contribution in [0.2, 0.25) is 5.15 Å². The second kappa shape index (κ2) is 5.78. The maximum atomic E-state index is 12.4. The number of pyridine rings is 1. The Labute approximate surface area is 118 Å². The number of carbonyl (C=O) groups excluding carboxylic acids is 1. The van der Waals surface area contributed by atoms with E-state index in [-0.39, 0.29) is 11.1 Å². The Balaban J connectivity index is 2.12. The van der Waals surface area contributed by atoms with E-state index in [0.717, 1.165) is 18.8 Å². The molecule has 1 aromatic heterocycles. The van der Waals surface area contributed by atoms with E-state index >= 15 is 0 Å². The van der Waals surface area contributed by atoms with Crippen LogP contribution in [0.1, 0.15) is 43.0 Å². The van der Waals surface area contributed by atoms with Crippen molar-refractivity contribution in [1.82, 2.24) is 9.88 Å². The van der Waals surface area contributed by atoms with E-state index < -0.39 is 0 Å². The van der Waals surface area contributed by atoms with Crippen molar-refractivity contribution < 1.29 is 4.79 Å². The van der Waals surface area contributed by atoms with Gasteiger partial charge >= 0.3 is 0 Å². The molecule has 104 valence electrons. The molecular weight excluding hydrogens is 262 g/mol. The van der Waals surface area contributed by atoms with Gasteiger partial charge in [-0.05, 0) is 37.7 Å². The van der Waals surface area contributed by atoms with Gasteiger partial charge in [0.2, 0.25) is 0 Å². The molecule has 4 nitrogen and oxygen atoms in total. The number of carbonyl (C=O) groups is 1. The molecule has 1 heterocycles. The second-order valence-corrected chi connectivity index (χ2v) is 5.79. The summed E-state index contributed by atoms with van der Waals surface area (Å²) in [4.78, 5) is 18.2. The van der Waals surface area contributed by atoms with E-state index in [9.17, 15) is 4.79 Å². The summed E-state index contributed by atoms with van der Waals surface area (Å²) in [5, 5.41) is 0.218. The third-order valence-electron chi connectivity index (χ3n) is 3.94. The van der Waals surface area contributed by atoms with Crippen molar-refractivity contribution in [3.05, 3.63) is 23.0 Å². The molecule has 1 aliphatic rings. The molecule has 1 saturated carbocycles. The van der Waals surface area contributed by atoms with Gasteiger partial charge in [0.25, 0.3) is 5.91 Å². The van der Waals surface area contributed by atoms with Gasteiger partial charge in [0.1, 0.15) is 5.15 Å². The van der Waals surface area contributed by atoms with Crippen LogP contribution in [-0.4, -0.2) is 28.9 Å². The number of rotatable bonds is 2. The number of aromatic nitrogens is 1. The highest BCUT2D eigenvalue weighted by molar-refractivity contribution is 6.32. The maximum absolute atomic E-state index is 12.4. The van der Waals surface area contributed by atoms with Crippen molar-refractivity contribution in [2.24, 2.45) is 5.92 Å². The number of hydrogen-bond donors (Lipinski definition) is 1. The van der Waals surface area contributed by atoms with Crippen molar-refractivity contribution in [2.75, 3.05) is 12.8 Å². The molecule has 0 radical (unpaired) electrons. The number of halogens is 1. The van der Waals surface area contributed by atoms with Crippen molar-refractivity contribution in [2.45, 2.75) is 38.6 Å². The SMILES string of the molecule is CC1CCC(N(C)C(=O)c2cc(N)cnc2Cl)CC1. The van der Waals surface area contributed by atoms with Gasteiger partial charge in [-0.2, -0.15) is 0 Å². The zero-order chi connectivity index (χ0) is 14.0. The van der Waals surface area contributed by atoms with Crippen LogP contribution in [0.3, 0.4) is 0 Å². The largest absolute Gasteiger partial charge is 0.397 e. The van der Waals surface area contributed by atoms with Gasteiger partial charge < -0.3 is 10.6 Å². The summed E-state index contributed by atoms with van der Waals surface area (Å²) >= 11 is 5.98. The quantitative estimate of drug-likeness (QED) is 0.848. The van der Waals surface area contributed by atoms with Gasteiger partial charge in [0.05, 0.1) is 17.4 Å². The normalized spacial score (nSPS) is 23.1.